The van der Waals surface area contributed by atoms with E-state index in [1.165, 1.54) is 0 Å². The van der Waals surface area contributed by atoms with Crippen molar-refractivity contribution in [3.05, 3.63) is 49.9 Å². The van der Waals surface area contributed by atoms with E-state index in [4.69, 9.17) is 28.9 Å². The Morgan fingerprint density at radius 3 is 1.83 bits per heavy atom. The molecule has 2 N–H and O–H groups in total. The Kier molecular flexibility index (Phi) is 4.49. The van der Waals surface area contributed by atoms with Crippen LogP contribution in [0.1, 0.15) is 11.3 Å². The zero-order chi connectivity index (χ0) is 18.4. The third-order valence-electron chi connectivity index (χ3n) is 2.80. The molecular formula is C12H5Cl2F6N3O. The van der Waals surface area contributed by atoms with Gasteiger partial charge in [-0.15, -0.1) is 0 Å². The van der Waals surface area contributed by atoms with Crippen molar-refractivity contribution in [3.8, 4) is 5.69 Å². The summed E-state index contributed by atoms with van der Waals surface area (Å²) in [5.41, 5.74) is 0.757. The van der Waals surface area contributed by atoms with Crippen LogP contribution in [-0.4, -0.2) is 9.55 Å². The molecule has 130 valence electrons. The van der Waals surface area contributed by atoms with Crippen LogP contribution < -0.4 is 11.3 Å². The van der Waals surface area contributed by atoms with Crippen LogP contribution in [0.3, 0.4) is 0 Å². The minimum atomic E-state index is -4.93. The molecule has 0 aliphatic rings. The number of nitrogens with two attached hydrogens (primary N) is 1. The van der Waals surface area contributed by atoms with Gasteiger partial charge in [-0.05, 0) is 12.1 Å². The van der Waals surface area contributed by atoms with Crippen LogP contribution in [0.15, 0.2) is 23.0 Å². The normalized spacial score (nSPS) is 12.5. The number of hydrogen-bond donors (Lipinski definition) is 1. The van der Waals surface area contributed by atoms with Crippen molar-refractivity contribution in [2.45, 2.75) is 12.4 Å². The summed E-state index contributed by atoms with van der Waals surface area (Å²) in [7, 11) is 0. The van der Waals surface area contributed by atoms with E-state index in [-0.39, 0.29) is 6.07 Å². The van der Waals surface area contributed by atoms with Crippen LogP contribution >= 0.6 is 23.2 Å². The van der Waals surface area contributed by atoms with Gasteiger partial charge in [-0.1, -0.05) is 23.2 Å². The van der Waals surface area contributed by atoms with Gasteiger partial charge in [0.25, 0.3) is 5.56 Å². The molecule has 24 heavy (non-hydrogen) atoms. The smallest absolute Gasteiger partial charge is 0.369 e. The molecule has 1 heterocycles. The van der Waals surface area contributed by atoms with Crippen molar-refractivity contribution in [2.75, 3.05) is 5.73 Å². The van der Waals surface area contributed by atoms with Crippen molar-refractivity contribution in [1.29, 1.82) is 0 Å². The fraction of sp³-hybridized carbons (Fsp3) is 0.167. The molecule has 2 rings (SSSR count). The molecule has 0 aliphatic carbocycles. The summed E-state index contributed by atoms with van der Waals surface area (Å²) in [6, 6.07) is 1.05. The van der Waals surface area contributed by atoms with E-state index in [0.29, 0.717) is 16.7 Å². The molecule has 0 bridgehead atoms. The van der Waals surface area contributed by atoms with E-state index in [2.05, 4.69) is 4.98 Å². The van der Waals surface area contributed by atoms with Crippen LogP contribution in [-0.2, 0) is 12.4 Å². The molecule has 0 radical (unpaired) electrons. The predicted molar refractivity (Wildman–Crippen MR) is 74.3 cm³/mol. The lowest BCUT2D eigenvalue weighted by Gasteiger charge is -2.16. The fourth-order valence-corrected chi connectivity index (χ4v) is 2.47. The first-order chi connectivity index (χ1) is 10.8. The van der Waals surface area contributed by atoms with E-state index >= 15 is 0 Å². The lowest BCUT2D eigenvalue weighted by atomic mass is 10.2. The van der Waals surface area contributed by atoms with Crippen molar-refractivity contribution >= 4 is 29.2 Å². The van der Waals surface area contributed by atoms with E-state index in [1.807, 2.05) is 0 Å². The quantitative estimate of drug-likeness (QED) is 0.742. The Labute approximate surface area is 139 Å². The zero-order valence-corrected chi connectivity index (χ0v) is 12.6. The van der Waals surface area contributed by atoms with Gasteiger partial charge in [-0.2, -0.15) is 26.3 Å². The summed E-state index contributed by atoms with van der Waals surface area (Å²) in [5.74, 6) is -0.932. The summed E-state index contributed by atoms with van der Waals surface area (Å²) in [6.07, 6.45) is -9.69. The summed E-state index contributed by atoms with van der Waals surface area (Å²) in [6.45, 7) is 0. The topological polar surface area (TPSA) is 60.9 Å². The van der Waals surface area contributed by atoms with Crippen LogP contribution in [0.2, 0.25) is 10.0 Å². The highest BCUT2D eigenvalue weighted by molar-refractivity contribution is 6.38. The molecule has 4 nitrogen and oxygen atoms in total. The highest BCUT2D eigenvalue weighted by Crippen LogP contribution is 2.37. The molecule has 1 aromatic carbocycles. The Bertz CT molecular complexity index is 836. The summed E-state index contributed by atoms with van der Waals surface area (Å²) in [4.78, 5) is 14.9. The number of hydrogen-bond acceptors (Lipinski definition) is 3. The Morgan fingerprint density at radius 1 is 0.958 bits per heavy atom. The first-order valence-corrected chi connectivity index (χ1v) is 6.61. The van der Waals surface area contributed by atoms with Crippen LogP contribution in [0.4, 0.5) is 32.3 Å². The van der Waals surface area contributed by atoms with Crippen molar-refractivity contribution in [2.24, 2.45) is 0 Å². The van der Waals surface area contributed by atoms with Gasteiger partial charge in [0, 0.05) is 6.07 Å². The standard InChI is InChI=1S/C12H5Cl2F6N3O/c13-5-1-4(11(15,16)17)2-6(14)9(5)23-8(24)3-7(12(18,19)20)22-10(23)21/h1-3H,(H2,21,22). The first-order valence-electron chi connectivity index (χ1n) is 5.85. The average molecular weight is 392 g/mol. The van der Waals surface area contributed by atoms with E-state index in [9.17, 15) is 31.1 Å². The maximum absolute atomic E-state index is 12.7. The highest BCUT2D eigenvalue weighted by atomic mass is 35.5. The lowest BCUT2D eigenvalue weighted by molar-refractivity contribution is -0.141. The largest absolute Gasteiger partial charge is 0.433 e. The molecule has 0 saturated carbocycles. The third kappa shape index (κ3) is 3.44. The Hall–Kier alpha value is -1.94. The molecule has 0 amide bonds. The molecule has 0 unspecified atom stereocenters. The first kappa shape index (κ1) is 18.4. The molecular weight excluding hydrogens is 387 g/mol. The number of nitrogens with zero attached hydrogens (tertiary/aromatic N) is 2. The van der Waals surface area contributed by atoms with Crippen LogP contribution in [0.5, 0.6) is 0 Å². The van der Waals surface area contributed by atoms with Gasteiger partial charge in [0.1, 0.15) is 0 Å². The minimum absolute atomic E-state index is 0.126. The summed E-state index contributed by atoms with van der Waals surface area (Å²) < 4.78 is 76.2. The number of anilines is 1. The minimum Gasteiger partial charge on any atom is -0.369 e. The van der Waals surface area contributed by atoms with Gasteiger partial charge >= 0.3 is 12.4 Å². The lowest BCUT2D eigenvalue weighted by Crippen LogP contribution is -2.26. The number of benzene rings is 1. The number of alkyl halides is 6. The van der Waals surface area contributed by atoms with E-state index in [0.717, 1.165) is 0 Å². The maximum Gasteiger partial charge on any atom is 0.433 e. The SMILES string of the molecule is Nc1nc(C(F)(F)F)cc(=O)n1-c1c(Cl)cc(C(F)(F)F)cc1Cl. The van der Waals surface area contributed by atoms with Crippen LogP contribution in [0.25, 0.3) is 5.69 Å². The molecule has 0 aliphatic heterocycles. The van der Waals surface area contributed by atoms with Crippen LogP contribution in [0, 0.1) is 0 Å². The summed E-state index contributed by atoms with van der Waals surface area (Å²) >= 11 is 11.4. The second-order valence-electron chi connectivity index (χ2n) is 4.46. The molecule has 0 spiro atoms. The monoisotopic (exact) mass is 391 g/mol. The summed E-state index contributed by atoms with van der Waals surface area (Å²) in [5, 5.41) is -1.27. The van der Waals surface area contributed by atoms with Gasteiger partial charge in [-0.3, -0.25) is 4.79 Å². The van der Waals surface area contributed by atoms with Gasteiger partial charge in [0.15, 0.2) is 5.69 Å². The van der Waals surface area contributed by atoms with E-state index in [1.54, 1.807) is 0 Å². The molecule has 1 aromatic heterocycles. The molecule has 0 atom stereocenters. The Balaban J connectivity index is 2.72. The van der Waals surface area contributed by atoms with Crippen molar-refractivity contribution in [1.82, 2.24) is 9.55 Å². The third-order valence-corrected chi connectivity index (χ3v) is 3.38. The zero-order valence-electron chi connectivity index (χ0n) is 11.1. The van der Waals surface area contributed by atoms with Crippen molar-refractivity contribution in [3.63, 3.8) is 0 Å². The van der Waals surface area contributed by atoms with Gasteiger partial charge in [-0.25, -0.2) is 9.55 Å². The molecule has 2 aromatic rings. The van der Waals surface area contributed by atoms with Gasteiger partial charge < -0.3 is 5.73 Å². The number of halogens is 8. The molecule has 0 saturated heterocycles. The van der Waals surface area contributed by atoms with Crippen molar-refractivity contribution < 1.29 is 26.3 Å². The Morgan fingerprint density at radius 2 is 1.46 bits per heavy atom. The molecule has 0 fully saturated rings. The number of rotatable bonds is 1. The maximum atomic E-state index is 12.7. The highest BCUT2D eigenvalue weighted by Gasteiger charge is 2.35. The number of aromatic nitrogens is 2. The second-order valence-corrected chi connectivity index (χ2v) is 5.27. The van der Waals surface area contributed by atoms with Gasteiger partial charge in [0.05, 0.1) is 21.3 Å². The number of nitrogen functional groups attached to an aromatic ring is 1. The molecule has 12 heteroatoms. The van der Waals surface area contributed by atoms with E-state index < -0.39 is 50.9 Å². The van der Waals surface area contributed by atoms with Gasteiger partial charge in [0.2, 0.25) is 5.95 Å². The average Bonchev–Trinajstić information content (AvgIpc) is 2.38. The second kappa shape index (κ2) is 5.85. The fourth-order valence-electron chi connectivity index (χ4n) is 1.81. The predicted octanol–water partition coefficient (Wildman–Crippen LogP) is 4.16.